The number of oxazole rings is 1. The Hall–Kier alpha value is -7.57. The molecule has 55 heavy (non-hydrogen) atoms. The van der Waals surface area contributed by atoms with Gasteiger partial charge in [0, 0.05) is 38.5 Å². The molecule has 8 aromatic carbocycles. The predicted octanol–water partition coefficient (Wildman–Crippen LogP) is 13.9. The van der Waals surface area contributed by atoms with E-state index in [1.807, 2.05) is 60.7 Å². The molecule has 0 N–H and O–H groups in total. The van der Waals surface area contributed by atoms with Crippen LogP contribution in [0.3, 0.4) is 0 Å². The Morgan fingerprint density at radius 1 is 0.436 bits per heavy atom. The number of benzene rings is 8. The third-order valence-corrected chi connectivity index (χ3v) is 10.8. The zero-order valence-corrected chi connectivity index (χ0v) is 29.3. The van der Waals surface area contributed by atoms with Crippen LogP contribution in [0, 0.1) is 0 Å². The zero-order valence-electron chi connectivity index (χ0n) is 29.3. The number of hydrogen-bond acceptors (Lipinski definition) is 5. The molecule has 0 amide bonds. The molecule has 0 saturated heterocycles. The van der Waals surface area contributed by atoms with Gasteiger partial charge in [0.05, 0.1) is 33.2 Å². The fourth-order valence-electron chi connectivity index (χ4n) is 8.44. The van der Waals surface area contributed by atoms with Crippen molar-refractivity contribution in [1.82, 2.24) is 9.55 Å². The number of rotatable bonds is 5. The molecule has 258 valence electrons. The minimum Gasteiger partial charge on any atom is -0.456 e. The van der Waals surface area contributed by atoms with Gasteiger partial charge in [-0.1, -0.05) is 97.1 Å². The Balaban J connectivity index is 1.17. The lowest BCUT2D eigenvalue weighted by Gasteiger charge is -2.26. The van der Waals surface area contributed by atoms with Gasteiger partial charge in [0.2, 0.25) is 5.89 Å². The molecule has 0 saturated carbocycles. The second-order valence-electron chi connectivity index (χ2n) is 13.9. The highest BCUT2D eigenvalue weighted by atomic mass is 16.4. The summed E-state index contributed by atoms with van der Waals surface area (Å²) < 4.78 is 22.2. The SMILES string of the molecule is c1ccc(-c2nc3ccc4oc5c(N(c6ccc7c8ccccc8n(-c8ccccc8)c7c6)c6cccc7oc8ccccc8c67)cccc5c4c3o2)cc1. The van der Waals surface area contributed by atoms with Gasteiger partial charge in [0.15, 0.2) is 11.2 Å². The maximum absolute atomic E-state index is 6.88. The van der Waals surface area contributed by atoms with Gasteiger partial charge in [-0.15, -0.1) is 0 Å². The second-order valence-corrected chi connectivity index (χ2v) is 13.9. The van der Waals surface area contributed by atoms with Crippen molar-refractivity contribution in [1.29, 1.82) is 0 Å². The Morgan fingerprint density at radius 2 is 1.13 bits per heavy atom. The van der Waals surface area contributed by atoms with Crippen LogP contribution in [0.15, 0.2) is 189 Å². The van der Waals surface area contributed by atoms with E-state index >= 15 is 0 Å². The second kappa shape index (κ2) is 11.5. The van der Waals surface area contributed by atoms with Gasteiger partial charge < -0.3 is 22.7 Å². The lowest BCUT2D eigenvalue weighted by Crippen LogP contribution is -2.11. The molecule has 0 bridgehead atoms. The summed E-state index contributed by atoms with van der Waals surface area (Å²) in [6.07, 6.45) is 0. The molecule has 0 aliphatic carbocycles. The Kier molecular flexibility index (Phi) is 6.24. The molecular weight excluding hydrogens is 679 g/mol. The molecule has 4 aromatic heterocycles. The van der Waals surface area contributed by atoms with Crippen molar-refractivity contribution < 1.29 is 13.3 Å². The number of nitrogens with zero attached hydrogens (tertiary/aromatic N) is 3. The van der Waals surface area contributed by atoms with Crippen LogP contribution in [0.25, 0.3) is 93.9 Å². The molecular formula is C49H29N3O3. The first-order valence-electron chi connectivity index (χ1n) is 18.4. The van der Waals surface area contributed by atoms with Crippen molar-refractivity contribution in [2.24, 2.45) is 0 Å². The molecule has 0 aliphatic rings. The Labute approximate surface area is 313 Å². The van der Waals surface area contributed by atoms with Gasteiger partial charge >= 0.3 is 0 Å². The third kappa shape index (κ3) is 4.39. The van der Waals surface area contributed by atoms with E-state index in [2.05, 4.69) is 125 Å². The van der Waals surface area contributed by atoms with Crippen LogP contribution in [0.2, 0.25) is 0 Å². The number of furan rings is 2. The van der Waals surface area contributed by atoms with Gasteiger partial charge in [0.25, 0.3) is 0 Å². The molecule has 0 aliphatic heterocycles. The average Bonchev–Trinajstić information content (AvgIpc) is 4.02. The molecule has 0 radical (unpaired) electrons. The normalized spacial score (nSPS) is 12.0. The highest BCUT2D eigenvalue weighted by Crippen LogP contribution is 2.48. The van der Waals surface area contributed by atoms with E-state index in [1.54, 1.807) is 0 Å². The van der Waals surface area contributed by atoms with Crippen molar-refractivity contribution in [3.8, 4) is 17.1 Å². The molecule has 0 fully saturated rings. The summed E-state index contributed by atoms with van der Waals surface area (Å²) in [6.45, 7) is 0. The third-order valence-electron chi connectivity index (χ3n) is 10.8. The number of aromatic nitrogens is 2. The lowest BCUT2D eigenvalue weighted by molar-refractivity contribution is 0.622. The molecule has 6 nitrogen and oxygen atoms in total. The lowest BCUT2D eigenvalue weighted by atomic mass is 10.1. The van der Waals surface area contributed by atoms with Crippen molar-refractivity contribution in [2.45, 2.75) is 0 Å². The summed E-state index contributed by atoms with van der Waals surface area (Å²) in [5.41, 5.74) is 11.8. The molecule has 12 rings (SSSR count). The summed E-state index contributed by atoms with van der Waals surface area (Å²) in [4.78, 5) is 7.19. The van der Waals surface area contributed by atoms with Crippen molar-refractivity contribution in [2.75, 3.05) is 4.90 Å². The number of fused-ring (bicyclic) bond motifs is 11. The van der Waals surface area contributed by atoms with E-state index in [-0.39, 0.29) is 0 Å². The molecule has 4 heterocycles. The first kappa shape index (κ1) is 29.9. The maximum atomic E-state index is 6.88. The Morgan fingerprint density at radius 3 is 2.02 bits per heavy atom. The fraction of sp³-hybridized carbons (Fsp3) is 0. The summed E-state index contributed by atoms with van der Waals surface area (Å²) >= 11 is 0. The Bertz CT molecular complexity index is 3440. The number of anilines is 3. The van der Waals surface area contributed by atoms with Crippen LogP contribution in [-0.2, 0) is 0 Å². The zero-order chi connectivity index (χ0) is 36.0. The predicted molar refractivity (Wildman–Crippen MR) is 223 cm³/mol. The largest absolute Gasteiger partial charge is 0.456 e. The average molecular weight is 708 g/mol. The standard InChI is InChI=1S/C49H29N3O3/c1-3-13-30(14-4-1)49-50-37-27-28-44-46(48(37)55-49)36-19-11-22-40(47(36)54-44)52(39-21-12-24-43-45(39)35-18-8-10-23-42(35)53-43)32-25-26-34-33-17-7-9-20-38(33)51(41(34)29-32)31-15-5-2-6-16-31/h1-29H. The molecule has 0 unspecified atom stereocenters. The van der Waals surface area contributed by atoms with E-state index in [1.165, 1.54) is 10.8 Å². The van der Waals surface area contributed by atoms with Gasteiger partial charge in [-0.05, 0) is 78.9 Å². The highest BCUT2D eigenvalue weighted by Gasteiger charge is 2.26. The molecule has 6 heteroatoms. The number of para-hydroxylation sites is 4. The van der Waals surface area contributed by atoms with E-state index in [9.17, 15) is 0 Å². The molecule has 0 spiro atoms. The van der Waals surface area contributed by atoms with Crippen LogP contribution in [0.4, 0.5) is 17.1 Å². The van der Waals surface area contributed by atoms with Gasteiger partial charge in [0.1, 0.15) is 22.3 Å². The summed E-state index contributed by atoms with van der Waals surface area (Å²) in [5, 5.41) is 6.30. The van der Waals surface area contributed by atoms with Crippen LogP contribution in [0.1, 0.15) is 0 Å². The van der Waals surface area contributed by atoms with Gasteiger partial charge in [-0.3, -0.25) is 0 Å². The summed E-state index contributed by atoms with van der Waals surface area (Å²) in [6, 6.07) is 60.8. The van der Waals surface area contributed by atoms with Crippen LogP contribution in [-0.4, -0.2) is 9.55 Å². The molecule has 12 aromatic rings. The van der Waals surface area contributed by atoms with E-state index in [0.29, 0.717) is 11.5 Å². The highest BCUT2D eigenvalue weighted by molar-refractivity contribution is 6.21. The van der Waals surface area contributed by atoms with E-state index in [4.69, 9.17) is 18.2 Å². The summed E-state index contributed by atoms with van der Waals surface area (Å²) in [7, 11) is 0. The topological polar surface area (TPSA) is 60.5 Å². The number of hydrogen-bond donors (Lipinski definition) is 0. The monoisotopic (exact) mass is 707 g/mol. The van der Waals surface area contributed by atoms with E-state index in [0.717, 1.165) is 88.7 Å². The van der Waals surface area contributed by atoms with Crippen molar-refractivity contribution >= 4 is 93.8 Å². The first-order valence-corrected chi connectivity index (χ1v) is 18.4. The summed E-state index contributed by atoms with van der Waals surface area (Å²) in [5.74, 6) is 0.579. The van der Waals surface area contributed by atoms with Crippen molar-refractivity contribution in [3.63, 3.8) is 0 Å². The van der Waals surface area contributed by atoms with Crippen LogP contribution >= 0.6 is 0 Å². The fourth-order valence-corrected chi connectivity index (χ4v) is 8.44. The maximum Gasteiger partial charge on any atom is 0.227 e. The first-order chi connectivity index (χ1) is 27.3. The minimum absolute atomic E-state index is 0.579. The van der Waals surface area contributed by atoms with E-state index < -0.39 is 0 Å². The van der Waals surface area contributed by atoms with Gasteiger partial charge in [-0.2, -0.15) is 0 Å². The van der Waals surface area contributed by atoms with Crippen LogP contribution < -0.4 is 4.90 Å². The molecule has 0 atom stereocenters. The quantitative estimate of drug-likeness (QED) is 0.178. The minimum atomic E-state index is 0.579. The van der Waals surface area contributed by atoms with Gasteiger partial charge in [-0.25, -0.2) is 4.98 Å². The smallest absolute Gasteiger partial charge is 0.227 e. The van der Waals surface area contributed by atoms with Crippen LogP contribution in [0.5, 0.6) is 0 Å². The van der Waals surface area contributed by atoms with Crippen molar-refractivity contribution in [3.05, 3.63) is 176 Å².